The number of rotatable bonds is 7. The van der Waals surface area contributed by atoms with Gasteiger partial charge in [0.2, 0.25) is 0 Å². The topological polar surface area (TPSA) is 133 Å². The highest BCUT2D eigenvalue weighted by Crippen LogP contribution is 2.38. The van der Waals surface area contributed by atoms with E-state index in [1.807, 2.05) is 37.3 Å². The van der Waals surface area contributed by atoms with Gasteiger partial charge in [-0.25, -0.2) is 4.79 Å². The zero-order valence-electron chi connectivity index (χ0n) is 18.9. The summed E-state index contributed by atoms with van der Waals surface area (Å²) in [7, 11) is 1.41. The maximum absolute atomic E-state index is 13.0. The summed E-state index contributed by atoms with van der Waals surface area (Å²) in [5.74, 6) is -0.727. The summed E-state index contributed by atoms with van der Waals surface area (Å²) >= 11 is 0. The maximum Gasteiger partial charge on any atom is 0.343 e. The number of fused-ring (bicyclic) bond motifs is 1. The molecular formula is C25H29NO8. The summed E-state index contributed by atoms with van der Waals surface area (Å²) < 4.78 is 11.1. The van der Waals surface area contributed by atoms with E-state index in [1.165, 1.54) is 12.2 Å². The normalized spacial score (nSPS) is 24.9. The fourth-order valence-electron chi connectivity index (χ4n) is 4.56. The number of hydrogen-bond acceptors (Lipinski definition) is 9. The fraction of sp³-hybridized carbons (Fsp3) is 0.400. The lowest BCUT2D eigenvalue weighted by atomic mass is 9.85. The highest BCUT2D eigenvalue weighted by atomic mass is 16.7. The molecule has 0 saturated carbocycles. The van der Waals surface area contributed by atoms with Gasteiger partial charge in [-0.2, -0.15) is 5.06 Å². The van der Waals surface area contributed by atoms with Gasteiger partial charge >= 0.3 is 5.63 Å². The maximum atomic E-state index is 13.0. The lowest BCUT2D eigenvalue weighted by molar-refractivity contribution is -0.318. The zero-order valence-corrected chi connectivity index (χ0v) is 18.9. The highest BCUT2D eigenvalue weighted by Gasteiger charge is 2.43. The summed E-state index contributed by atoms with van der Waals surface area (Å²) in [5, 5.41) is 43.3. The molecule has 4 N–H and O–H groups in total. The quantitative estimate of drug-likeness (QED) is 0.300. The molecule has 0 spiro atoms. The summed E-state index contributed by atoms with van der Waals surface area (Å²) in [6, 6.07) is 15.6. The van der Waals surface area contributed by atoms with Gasteiger partial charge in [-0.05, 0) is 31.0 Å². The number of hydroxylamine groups is 2. The Morgan fingerprint density at radius 2 is 1.74 bits per heavy atom. The molecule has 9 nitrogen and oxygen atoms in total. The fourth-order valence-corrected chi connectivity index (χ4v) is 4.56. The van der Waals surface area contributed by atoms with Crippen LogP contribution in [0.2, 0.25) is 0 Å². The van der Waals surface area contributed by atoms with E-state index in [2.05, 4.69) is 0 Å². The van der Waals surface area contributed by atoms with E-state index in [9.17, 15) is 25.2 Å². The Labute approximate surface area is 196 Å². The molecule has 3 unspecified atom stereocenters. The van der Waals surface area contributed by atoms with Gasteiger partial charge in [0.15, 0.2) is 6.23 Å². The van der Waals surface area contributed by atoms with Crippen LogP contribution >= 0.6 is 0 Å². The van der Waals surface area contributed by atoms with Gasteiger partial charge in [0.1, 0.15) is 29.6 Å². The average Bonchev–Trinajstić information content (AvgIpc) is 2.84. The second-order valence-corrected chi connectivity index (χ2v) is 8.51. The van der Waals surface area contributed by atoms with Crippen LogP contribution in [0.5, 0.6) is 5.75 Å². The van der Waals surface area contributed by atoms with Crippen LogP contribution < -0.4 is 5.63 Å². The van der Waals surface area contributed by atoms with Gasteiger partial charge in [-0.15, -0.1) is 0 Å². The highest BCUT2D eigenvalue weighted by molar-refractivity contribution is 5.84. The van der Waals surface area contributed by atoms with Crippen molar-refractivity contribution in [3.8, 4) is 5.75 Å². The van der Waals surface area contributed by atoms with Gasteiger partial charge in [0.25, 0.3) is 0 Å². The number of aromatic hydroxyl groups is 1. The van der Waals surface area contributed by atoms with Crippen molar-refractivity contribution in [3.63, 3.8) is 0 Å². The van der Waals surface area contributed by atoms with Crippen LogP contribution in [0.4, 0.5) is 0 Å². The first-order valence-electron chi connectivity index (χ1n) is 11.1. The molecule has 0 bridgehead atoms. The Kier molecular flexibility index (Phi) is 7.32. The van der Waals surface area contributed by atoms with Crippen molar-refractivity contribution in [2.45, 2.75) is 49.8 Å². The Bertz CT molecular complexity index is 1170. The predicted octanol–water partition coefficient (Wildman–Crippen LogP) is 1.71. The molecule has 3 aromatic rings. The largest absolute Gasteiger partial charge is 0.507 e. The van der Waals surface area contributed by atoms with E-state index in [0.29, 0.717) is 11.0 Å². The molecule has 34 heavy (non-hydrogen) atoms. The zero-order chi connectivity index (χ0) is 24.4. The summed E-state index contributed by atoms with van der Waals surface area (Å²) in [5.41, 5.74) is 0.546. The van der Waals surface area contributed by atoms with Crippen molar-refractivity contribution in [2.24, 2.45) is 0 Å². The van der Waals surface area contributed by atoms with Gasteiger partial charge in [0.05, 0.1) is 24.7 Å². The summed E-state index contributed by atoms with van der Waals surface area (Å²) in [4.78, 5) is 18.5. The van der Waals surface area contributed by atoms with Gasteiger partial charge in [-0.1, -0.05) is 42.5 Å². The Morgan fingerprint density at radius 1 is 1.06 bits per heavy atom. The molecule has 0 amide bonds. The molecule has 9 heteroatoms. The van der Waals surface area contributed by atoms with Crippen molar-refractivity contribution in [2.75, 3.05) is 13.7 Å². The molecule has 6 atom stereocenters. The minimum absolute atomic E-state index is 0.119. The third-order valence-electron chi connectivity index (χ3n) is 6.32. The molecule has 1 aliphatic heterocycles. The molecule has 2 aromatic carbocycles. The first-order valence-corrected chi connectivity index (χ1v) is 11.1. The molecule has 1 fully saturated rings. The first-order chi connectivity index (χ1) is 16.3. The number of aliphatic hydroxyl groups excluding tert-OH is 3. The van der Waals surface area contributed by atoms with E-state index in [4.69, 9.17) is 14.0 Å². The molecule has 1 aromatic heterocycles. The number of hydrogen-bond donors (Lipinski definition) is 4. The molecule has 0 radical (unpaired) electrons. The summed E-state index contributed by atoms with van der Waals surface area (Å²) in [6.07, 6.45) is -4.79. The second-order valence-electron chi connectivity index (χ2n) is 8.51. The van der Waals surface area contributed by atoms with Crippen molar-refractivity contribution in [1.29, 1.82) is 0 Å². The predicted molar refractivity (Wildman–Crippen MR) is 123 cm³/mol. The van der Waals surface area contributed by atoms with Crippen LogP contribution in [0, 0.1) is 0 Å². The lowest BCUT2D eigenvalue weighted by Gasteiger charge is -2.42. The van der Waals surface area contributed by atoms with Crippen LogP contribution in [0.25, 0.3) is 11.0 Å². The summed E-state index contributed by atoms with van der Waals surface area (Å²) in [6.45, 7) is 1.64. The second kappa shape index (κ2) is 10.2. The number of aliphatic hydroxyl groups is 3. The van der Waals surface area contributed by atoms with Crippen molar-refractivity contribution >= 4 is 11.0 Å². The van der Waals surface area contributed by atoms with Crippen LogP contribution in [0.3, 0.4) is 0 Å². The number of para-hydroxylation sites is 1. The van der Waals surface area contributed by atoms with E-state index in [0.717, 1.165) is 5.56 Å². The Balaban J connectivity index is 1.72. The molecule has 2 heterocycles. The molecule has 182 valence electrons. The molecule has 1 saturated heterocycles. The minimum Gasteiger partial charge on any atom is -0.507 e. The van der Waals surface area contributed by atoms with Crippen LogP contribution in [0.15, 0.2) is 63.8 Å². The number of nitrogens with zero attached hydrogens (tertiary/aromatic N) is 1. The third-order valence-corrected chi connectivity index (χ3v) is 6.32. The Morgan fingerprint density at radius 3 is 2.44 bits per heavy atom. The standard InChI is InChI=1S/C25H29NO8/c1-14(26(32-2)24-23(30)22(29)18(27)13-33-24)12-17(15-8-4-3-5-9-15)20-21(28)16-10-6-7-11-19(16)34-25(20)31/h3-11,14,17-18,22-24,27-30H,12-13H2,1-2H3/t14?,17?,18-,22+,23+,24?/m0/s1. The van der Waals surface area contributed by atoms with Crippen LogP contribution in [0.1, 0.15) is 30.4 Å². The van der Waals surface area contributed by atoms with Gasteiger partial charge in [0, 0.05) is 12.0 Å². The van der Waals surface area contributed by atoms with Crippen molar-refractivity contribution in [3.05, 3.63) is 76.1 Å². The van der Waals surface area contributed by atoms with Gasteiger partial charge < -0.3 is 29.6 Å². The van der Waals surface area contributed by atoms with E-state index in [1.54, 1.807) is 24.3 Å². The lowest BCUT2D eigenvalue weighted by Crippen LogP contribution is -2.60. The first kappa shape index (κ1) is 24.3. The van der Waals surface area contributed by atoms with E-state index in [-0.39, 0.29) is 24.3 Å². The molecular weight excluding hydrogens is 442 g/mol. The van der Waals surface area contributed by atoms with Crippen LogP contribution in [-0.2, 0) is 9.57 Å². The number of benzene rings is 2. The SMILES string of the molecule is CON(C(C)CC(c1ccccc1)c1c(O)c2ccccc2oc1=O)C1OC[C@H](O)[C@@H](O)[C@H]1O. The molecule has 4 rings (SSSR count). The van der Waals surface area contributed by atoms with Gasteiger partial charge in [-0.3, -0.25) is 4.84 Å². The Hall–Kier alpha value is -2.79. The minimum atomic E-state index is -1.42. The monoisotopic (exact) mass is 471 g/mol. The third kappa shape index (κ3) is 4.58. The van der Waals surface area contributed by atoms with E-state index < -0.39 is 42.1 Å². The average molecular weight is 472 g/mol. The van der Waals surface area contributed by atoms with E-state index >= 15 is 0 Å². The molecule has 1 aliphatic rings. The van der Waals surface area contributed by atoms with Crippen molar-refractivity contribution in [1.82, 2.24) is 5.06 Å². The number of ether oxygens (including phenoxy) is 1. The van der Waals surface area contributed by atoms with Crippen molar-refractivity contribution < 1.29 is 34.4 Å². The molecule has 0 aliphatic carbocycles. The van der Waals surface area contributed by atoms with Crippen LogP contribution in [-0.4, -0.2) is 69.8 Å². The smallest absolute Gasteiger partial charge is 0.343 e.